The predicted molar refractivity (Wildman–Crippen MR) is 65.7 cm³/mol. The van der Waals surface area contributed by atoms with Crippen LogP contribution in [-0.4, -0.2) is 22.1 Å². The molecule has 0 aliphatic carbocycles. The molecule has 0 aromatic carbocycles. The second kappa shape index (κ2) is 5.80. The number of rotatable bonds is 5. The van der Waals surface area contributed by atoms with Gasteiger partial charge in [0.25, 0.3) is 0 Å². The SMILES string of the molecule is CCCNC(C)Cn1c(C)cc(C)nc1=O. The first kappa shape index (κ1) is 12.9. The van der Waals surface area contributed by atoms with E-state index in [1.165, 1.54) is 0 Å². The Labute approximate surface area is 96.7 Å². The van der Waals surface area contributed by atoms with Gasteiger partial charge in [0.1, 0.15) is 0 Å². The Balaban J connectivity index is 2.77. The molecule has 16 heavy (non-hydrogen) atoms. The normalized spacial score (nSPS) is 12.8. The Hall–Kier alpha value is -1.16. The van der Waals surface area contributed by atoms with Crippen LogP contribution in [0.1, 0.15) is 31.7 Å². The zero-order valence-electron chi connectivity index (χ0n) is 10.6. The Bertz CT molecular complexity index is 398. The van der Waals surface area contributed by atoms with Gasteiger partial charge in [0.05, 0.1) is 0 Å². The lowest BCUT2D eigenvalue weighted by atomic mass is 10.3. The van der Waals surface area contributed by atoms with E-state index in [1.807, 2.05) is 19.9 Å². The lowest BCUT2D eigenvalue weighted by Crippen LogP contribution is -2.36. The van der Waals surface area contributed by atoms with Gasteiger partial charge in [-0.15, -0.1) is 0 Å². The van der Waals surface area contributed by atoms with Crippen molar-refractivity contribution in [2.45, 2.75) is 46.7 Å². The van der Waals surface area contributed by atoms with E-state index in [1.54, 1.807) is 4.57 Å². The fraction of sp³-hybridized carbons (Fsp3) is 0.667. The summed E-state index contributed by atoms with van der Waals surface area (Å²) >= 11 is 0. The van der Waals surface area contributed by atoms with Crippen molar-refractivity contribution in [3.63, 3.8) is 0 Å². The molecule has 0 radical (unpaired) electrons. The minimum absolute atomic E-state index is 0.150. The van der Waals surface area contributed by atoms with E-state index < -0.39 is 0 Å². The third-order valence-corrected chi connectivity index (χ3v) is 2.55. The molecule has 1 unspecified atom stereocenters. The number of hydrogen-bond donors (Lipinski definition) is 1. The Morgan fingerprint density at radius 3 is 2.75 bits per heavy atom. The van der Waals surface area contributed by atoms with Crippen LogP contribution >= 0.6 is 0 Å². The van der Waals surface area contributed by atoms with Gasteiger partial charge < -0.3 is 5.32 Å². The summed E-state index contributed by atoms with van der Waals surface area (Å²) in [6.07, 6.45) is 1.10. The highest BCUT2D eigenvalue weighted by Gasteiger charge is 2.07. The standard InChI is InChI=1S/C12H21N3O/c1-5-6-13-10(3)8-15-11(4)7-9(2)14-12(15)16/h7,10,13H,5-6,8H2,1-4H3. The minimum atomic E-state index is -0.150. The van der Waals surface area contributed by atoms with E-state index in [2.05, 4.69) is 24.1 Å². The molecular weight excluding hydrogens is 202 g/mol. The van der Waals surface area contributed by atoms with E-state index in [4.69, 9.17) is 0 Å². The monoisotopic (exact) mass is 223 g/mol. The van der Waals surface area contributed by atoms with E-state index >= 15 is 0 Å². The maximum absolute atomic E-state index is 11.7. The summed E-state index contributed by atoms with van der Waals surface area (Å²) in [6, 6.07) is 2.23. The summed E-state index contributed by atoms with van der Waals surface area (Å²) in [5.74, 6) is 0. The zero-order valence-corrected chi connectivity index (χ0v) is 10.6. The Morgan fingerprint density at radius 2 is 2.19 bits per heavy atom. The zero-order chi connectivity index (χ0) is 12.1. The van der Waals surface area contributed by atoms with Gasteiger partial charge >= 0.3 is 5.69 Å². The molecule has 1 heterocycles. The molecule has 0 fully saturated rings. The summed E-state index contributed by atoms with van der Waals surface area (Å²) in [6.45, 7) is 9.66. The average Bonchev–Trinajstić information content (AvgIpc) is 2.20. The van der Waals surface area contributed by atoms with E-state index in [0.717, 1.165) is 24.4 Å². The maximum Gasteiger partial charge on any atom is 0.348 e. The van der Waals surface area contributed by atoms with E-state index in [0.29, 0.717) is 12.6 Å². The minimum Gasteiger partial charge on any atom is -0.312 e. The maximum atomic E-state index is 11.7. The highest BCUT2D eigenvalue weighted by Crippen LogP contribution is 1.98. The van der Waals surface area contributed by atoms with Gasteiger partial charge in [0.15, 0.2) is 0 Å². The second-order valence-corrected chi connectivity index (χ2v) is 4.29. The number of hydrogen-bond acceptors (Lipinski definition) is 3. The molecule has 1 aromatic heterocycles. The van der Waals surface area contributed by atoms with Crippen LogP contribution in [0.2, 0.25) is 0 Å². The molecule has 0 saturated carbocycles. The quantitative estimate of drug-likeness (QED) is 0.817. The van der Waals surface area contributed by atoms with Crippen molar-refractivity contribution in [3.05, 3.63) is 27.9 Å². The highest BCUT2D eigenvalue weighted by atomic mass is 16.1. The molecule has 4 nitrogen and oxygen atoms in total. The fourth-order valence-corrected chi connectivity index (χ4v) is 1.73. The summed E-state index contributed by atoms with van der Waals surface area (Å²) < 4.78 is 1.72. The molecule has 0 saturated heterocycles. The van der Waals surface area contributed by atoms with Gasteiger partial charge in [0, 0.05) is 24.0 Å². The molecule has 0 aliphatic rings. The van der Waals surface area contributed by atoms with Crippen molar-refractivity contribution in [1.82, 2.24) is 14.9 Å². The van der Waals surface area contributed by atoms with Gasteiger partial charge in [-0.2, -0.15) is 4.98 Å². The Kier molecular flexibility index (Phi) is 4.68. The van der Waals surface area contributed by atoms with Crippen molar-refractivity contribution in [2.24, 2.45) is 0 Å². The lowest BCUT2D eigenvalue weighted by Gasteiger charge is -2.16. The highest BCUT2D eigenvalue weighted by molar-refractivity contribution is 5.06. The molecule has 0 amide bonds. The average molecular weight is 223 g/mol. The molecule has 0 bridgehead atoms. The summed E-state index contributed by atoms with van der Waals surface area (Å²) in [5, 5.41) is 3.36. The molecule has 1 aromatic rings. The van der Waals surface area contributed by atoms with Crippen molar-refractivity contribution in [3.8, 4) is 0 Å². The first-order chi connectivity index (χ1) is 7.54. The van der Waals surface area contributed by atoms with Crippen LogP contribution in [-0.2, 0) is 6.54 Å². The van der Waals surface area contributed by atoms with E-state index in [-0.39, 0.29) is 5.69 Å². The summed E-state index contributed by atoms with van der Waals surface area (Å²) in [5.41, 5.74) is 1.61. The molecule has 0 spiro atoms. The van der Waals surface area contributed by atoms with Crippen LogP contribution in [0.3, 0.4) is 0 Å². The molecule has 1 atom stereocenters. The van der Waals surface area contributed by atoms with Crippen LogP contribution in [0, 0.1) is 13.8 Å². The van der Waals surface area contributed by atoms with Crippen molar-refractivity contribution in [2.75, 3.05) is 6.54 Å². The van der Waals surface area contributed by atoms with Crippen LogP contribution in [0.15, 0.2) is 10.9 Å². The van der Waals surface area contributed by atoms with Crippen LogP contribution in [0.4, 0.5) is 0 Å². The van der Waals surface area contributed by atoms with Gasteiger partial charge in [-0.05, 0) is 39.8 Å². The largest absolute Gasteiger partial charge is 0.348 e. The van der Waals surface area contributed by atoms with Crippen LogP contribution < -0.4 is 11.0 Å². The molecule has 1 N–H and O–H groups in total. The molecule has 0 aliphatic heterocycles. The van der Waals surface area contributed by atoms with Gasteiger partial charge in [-0.1, -0.05) is 6.92 Å². The number of aromatic nitrogens is 2. The first-order valence-corrected chi connectivity index (χ1v) is 5.83. The number of nitrogens with zero attached hydrogens (tertiary/aromatic N) is 2. The van der Waals surface area contributed by atoms with Crippen molar-refractivity contribution in [1.29, 1.82) is 0 Å². The first-order valence-electron chi connectivity index (χ1n) is 5.83. The molecule has 90 valence electrons. The van der Waals surface area contributed by atoms with Crippen molar-refractivity contribution >= 4 is 0 Å². The fourth-order valence-electron chi connectivity index (χ4n) is 1.73. The van der Waals surface area contributed by atoms with Gasteiger partial charge in [0.2, 0.25) is 0 Å². The van der Waals surface area contributed by atoms with E-state index in [9.17, 15) is 4.79 Å². The predicted octanol–water partition coefficient (Wildman–Crippen LogP) is 1.25. The summed E-state index contributed by atoms with van der Waals surface area (Å²) in [4.78, 5) is 15.6. The Morgan fingerprint density at radius 1 is 1.50 bits per heavy atom. The number of nitrogens with one attached hydrogen (secondary N) is 1. The van der Waals surface area contributed by atoms with Gasteiger partial charge in [-0.3, -0.25) is 4.57 Å². The molecule has 1 rings (SSSR count). The van der Waals surface area contributed by atoms with Crippen molar-refractivity contribution < 1.29 is 0 Å². The van der Waals surface area contributed by atoms with Crippen LogP contribution in [0.25, 0.3) is 0 Å². The van der Waals surface area contributed by atoms with Gasteiger partial charge in [-0.25, -0.2) is 4.79 Å². The lowest BCUT2D eigenvalue weighted by molar-refractivity contribution is 0.459. The smallest absolute Gasteiger partial charge is 0.312 e. The molecular formula is C12H21N3O. The van der Waals surface area contributed by atoms with Crippen LogP contribution in [0.5, 0.6) is 0 Å². The number of aryl methyl sites for hydroxylation is 2. The third-order valence-electron chi connectivity index (χ3n) is 2.55. The summed E-state index contributed by atoms with van der Waals surface area (Å²) in [7, 11) is 0. The molecule has 4 heteroatoms. The topological polar surface area (TPSA) is 46.9 Å². The third kappa shape index (κ3) is 3.45. The second-order valence-electron chi connectivity index (χ2n) is 4.29.